The standard InChI is InChI=1S/C17H22/c1-13-4-7-16(8-5-13)10-11-17-9-6-14(2)15(3)12-17/h4,6-7,9,12H,5,8,10-11H2,1-3H3. The topological polar surface area (TPSA) is 0 Å². The van der Waals surface area contributed by atoms with Gasteiger partial charge in [0.15, 0.2) is 0 Å². The third-order valence-electron chi connectivity index (χ3n) is 3.75. The molecule has 0 aliphatic heterocycles. The van der Waals surface area contributed by atoms with Crippen LogP contribution in [0.4, 0.5) is 0 Å². The SMILES string of the molecule is CC1=CC=C(CCc2ccc(C)c(C)c2)CC1. The summed E-state index contributed by atoms with van der Waals surface area (Å²) in [6.45, 7) is 6.60. The summed E-state index contributed by atoms with van der Waals surface area (Å²) in [5.41, 5.74) is 7.40. The fourth-order valence-corrected chi connectivity index (χ4v) is 2.26. The zero-order valence-electron chi connectivity index (χ0n) is 11.2. The first-order valence-corrected chi connectivity index (χ1v) is 6.56. The lowest BCUT2D eigenvalue weighted by molar-refractivity contribution is 0.816. The number of aryl methyl sites for hydroxylation is 3. The summed E-state index contributed by atoms with van der Waals surface area (Å²) in [6, 6.07) is 6.84. The highest BCUT2D eigenvalue weighted by molar-refractivity contribution is 5.31. The maximum atomic E-state index is 2.33. The molecule has 0 nitrogen and oxygen atoms in total. The van der Waals surface area contributed by atoms with Crippen LogP contribution in [0.15, 0.2) is 41.5 Å². The van der Waals surface area contributed by atoms with E-state index in [0.717, 1.165) is 0 Å². The van der Waals surface area contributed by atoms with Crippen molar-refractivity contribution >= 4 is 0 Å². The smallest absolute Gasteiger partial charge is 0.0241 e. The van der Waals surface area contributed by atoms with Crippen LogP contribution >= 0.6 is 0 Å². The van der Waals surface area contributed by atoms with Gasteiger partial charge in [-0.2, -0.15) is 0 Å². The van der Waals surface area contributed by atoms with Crippen molar-refractivity contribution in [2.45, 2.75) is 46.5 Å². The zero-order valence-corrected chi connectivity index (χ0v) is 11.2. The average Bonchev–Trinajstić information content (AvgIpc) is 2.33. The van der Waals surface area contributed by atoms with Crippen LogP contribution < -0.4 is 0 Å². The van der Waals surface area contributed by atoms with E-state index in [1.165, 1.54) is 47.9 Å². The first-order chi connectivity index (χ1) is 8.15. The van der Waals surface area contributed by atoms with Gasteiger partial charge in [-0.3, -0.25) is 0 Å². The van der Waals surface area contributed by atoms with Gasteiger partial charge in [-0.25, -0.2) is 0 Å². The summed E-state index contributed by atoms with van der Waals surface area (Å²) in [6.07, 6.45) is 9.50. The van der Waals surface area contributed by atoms with Crippen molar-refractivity contribution in [1.82, 2.24) is 0 Å². The van der Waals surface area contributed by atoms with E-state index in [4.69, 9.17) is 0 Å². The molecule has 17 heavy (non-hydrogen) atoms. The fourth-order valence-electron chi connectivity index (χ4n) is 2.26. The molecule has 0 saturated carbocycles. The predicted octanol–water partition coefficient (Wildman–Crippen LogP) is 4.90. The van der Waals surface area contributed by atoms with E-state index in [0.29, 0.717) is 0 Å². The molecule has 0 spiro atoms. The van der Waals surface area contributed by atoms with Gasteiger partial charge in [0.25, 0.3) is 0 Å². The second-order valence-electron chi connectivity index (χ2n) is 5.26. The van der Waals surface area contributed by atoms with E-state index in [1.54, 1.807) is 5.57 Å². The molecule has 0 aromatic heterocycles. The van der Waals surface area contributed by atoms with Crippen LogP contribution in [-0.4, -0.2) is 0 Å². The van der Waals surface area contributed by atoms with Gasteiger partial charge in [0.1, 0.15) is 0 Å². The lowest BCUT2D eigenvalue weighted by Crippen LogP contribution is -1.95. The molecular weight excluding hydrogens is 204 g/mol. The molecule has 0 unspecified atom stereocenters. The molecule has 0 bridgehead atoms. The number of hydrogen-bond donors (Lipinski definition) is 0. The summed E-state index contributed by atoms with van der Waals surface area (Å²) in [7, 11) is 0. The Morgan fingerprint density at radius 3 is 2.35 bits per heavy atom. The van der Waals surface area contributed by atoms with E-state index in [2.05, 4.69) is 51.1 Å². The minimum atomic E-state index is 1.18. The van der Waals surface area contributed by atoms with Crippen LogP contribution in [0.1, 0.15) is 42.9 Å². The molecule has 90 valence electrons. The van der Waals surface area contributed by atoms with Crippen molar-refractivity contribution in [3.05, 3.63) is 58.2 Å². The largest absolute Gasteiger partial charge is 0.0730 e. The normalized spacial score (nSPS) is 15.5. The minimum Gasteiger partial charge on any atom is -0.0730 e. The summed E-state index contributed by atoms with van der Waals surface area (Å²) < 4.78 is 0. The van der Waals surface area contributed by atoms with Gasteiger partial charge in [-0.1, -0.05) is 41.5 Å². The Labute approximate surface area is 105 Å². The highest BCUT2D eigenvalue weighted by Gasteiger charge is 2.04. The Kier molecular flexibility index (Phi) is 3.83. The van der Waals surface area contributed by atoms with E-state index < -0.39 is 0 Å². The molecule has 0 heteroatoms. The molecule has 0 radical (unpaired) electrons. The monoisotopic (exact) mass is 226 g/mol. The number of rotatable bonds is 3. The van der Waals surface area contributed by atoms with Gasteiger partial charge in [0.05, 0.1) is 0 Å². The Bertz CT molecular complexity index is 461. The summed E-state index contributed by atoms with van der Waals surface area (Å²) >= 11 is 0. The highest BCUT2D eigenvalue weighted by Crippen LogP contribution is 2.22. The Morgan fingerprint density at radius 1 is 0.882 bits per heavy atom. The lowest BCUT2D eigenvalue weighted by atomic mass is 9.94. The molecule has 2 rings (SSSR count). The zero-order chi connectivity index (χ0) is 12.3. The molecule has 0 heterocycles. The van der Waals surface area contributed by atoms with E-state index in [9.17, 15) is 0 Å². The molecule has 0 atom stereocenters. The quantitative estimate of drug-likeness (QED) is 0.687. The fraction of sp³-hybridized carbons (Fsp3) is 0.412. The van der Waals surface area contributed by atoms with Crippen molar-refractivity contribution in [3.63, 3.8) is 0 Å². The van der Waals surface area contributed by atoms with Gasteiger partial charge in [0.2, 0.25) is 0 Å². The number of hydrogen-bond acceptors (Lipinski definition) is 0. The Balaban J connectivity index is 1.96. The molecule has 1 aromatic rings. The highest BCUT2D eigenvalue weighted by atomic mass is 14.1. The van der Waals surface area contributed by atoms with Crippen molar-refractivity contribution in [3.8, 4) is 0 Å². The molecular formula is C17H22. The molecule has 0 amide bonds. The minimum absolute atomic E-state index is 1.18. The van der Waals surface area contributed by atoms with Gasteiger partial charge in [-0.05, 0) is 63.1 Å². The van der Waals surface area contributed by atoms with Crippen LogP contribution in [0, 0.1) is 13.8 Å². The Hall–Kier alpha value is -1.30. The van der Waals surface area contributed by atoms with Crippen LogP contribution in [0.2, 0.25) is 0 Å². The van der Waals surface area contributed by atoms with E-state index >= 15 is 0 Å². The molecule has 1 aliphatic carbocycles. The van der Waals surface area contributed by atoms with E-state index in [1.807, 2.05) is 0 Å². The van der Waals surface area contributed by atoms with Crippen molar-refractivity contribution in [2.75, 3.05) is 0 Å². The van der Waals surface area contributed by atoms with Crippen LogP contribution in [-0.2, 0) is 6.42 Å². The summed E-state index contributed by atoms with van der Waals surface area (Å²) in [5, 5.41) is 0. The molecule has 1 aliphatic rings. The van der Waals surface area contributed by atoms with E-state index in [-0.39, 0.29) is 0 Å². The second kappa shape index (κ2) is 5.35. The van der Waals surface area contributed by atoms with Gasteiger partial charge in [-0.15, -0.1) is 0 Å². The van der Waals surface area contributed by atoms with Gasteiger partial charge < -0.3 is 0 Å². The molecule has 0 N–H and O–H groups in total. The molecule has 0 fully saturated rings. The molecule has 1 aromatic carbocycles. The van der Waals surface area contributed by atoms with Crippen molar-refractivity contribution < 1.29 is 0 Å². The van der Waals surface area contributed by atoms with Crippen LogP contribution in [0.5, 0.6) is 0 Å². The van der Waals surface area contributed by atoms with Crippen molar-refractivity contribution in [1.29, 1.82) is 0 Å². The predicted molar refractivity (Wildman–Crippen MR) is 75.3 cm³/mol. The number of benzene rings is 1. The number of allylic oxidation sites excluding steroid dienone is 4. The van der Waals surface area contributed by atoms with Gasteiger partial charge >= 0.3 is 0 Å². The van der Waals surface area contributed by atoms with Crippen LogP contribution in [0.25, 0.3) is 0 Å². The Morgan fingerprint density at radius 2 is 1.71 bits per heavy atom. The average molecular weight is 226 g/mol. The van der Waals surface area contributed by atoms with Crippen molar-refractivity contribution in [2.24, 2.45) is 0 Å². The third kappa shape index (κ3) is 3.33. The maximum absolute atomic E-state index is 2.33. The van der Waals surface area contributed by atoms with Gasteiger partial charge in [0, 0.05) is 0 Å². The first-order valence-electron chi connectivity index (χ1n) is 6.56. The summed E-state index contributed by atoms with van der Waals surface area (Å²) in [5.74, 6) is 0. The third-order valence-corrected chi connectivity index (χ3v) is 3.75. The second-order valence-corrected chi connectivity index (χ2v) is 5.26. The van der Waals surface area contributed by atoms with Crippen LogP contribution in [0.3, 0.4) is 0 Å². The summed E-state index contributed by atoms with van der Waals surface area (Å²) in [4.78, 5) is 0. The maximum Gasteiger partial charge on any atom is -0.0241 e. The lowest BCUT2D eigenvalue weighted by Gasteiger charge is -2.12. The first kappa shape index (κ1) is 12.2. The molecule has 0 saturated heterocycles.